The van der Waals surface area contributed by atoms with E-state index in [-0.39, 0.29) is 5.91 Å². The molecule has 1 fully saturated rings. The first-order valence-electron chi connectivity index (χ1n) is 9.96. The summed E-state index contributed by atoms with van der Waals surface area (Å²) in [6, 6.07) is 16.0. The molecular weight excluding hydrogens is 394 g/mol. The Hall–Kier alpha value is -3.11. The molecule has 0 bridgehead atoms. The first-order chi connectivity index (χ1) is 14.2. The van der Waals surface area contributed by atoms with Crippen molar-refractivity contribution in [1.29, 1.82) is 5.26 Å². The highest BCUT2D eigenvalue weighted by Crippen LogP contribution is 2.45. The number of anilines is 1. The van der Waals surface area contributed by atoms with Crippen LogP contribution in [-0.4, -0.2) is 27.0 Å². The van der Waals surface area contributed by atoms with Gasteiger partial charge >= 0.3 is 0 Å². The van der Waals surface area contributed by atoms with Crippen LogP contribution in [0.3, 0.4) is 0 Å². The highest BCUT2D eigenvalue weighted by molar-refractivity contribution is 6.88. The molecule has 6 nitrogen and oxygen atoms in total. The first kappa shape index (κ1) is 21.6. The minimum Gasteiger partial charge on any atom is -0.497 e. The molecule has 2 N–H and O–H groups in total. The minimum absolute atomic E-state index is 0.358. The second kappa shape index (κ2) is 8.32. The van der Waals surface area contributed by atoms with E-state index in [1.54, 1.807) is 31.4 Å². The number of methoxy groups -OCH3 is 1. The van der Waals surface area contributed by atoms with E-state index in [4.69, 9.17) is 4.74 Å². The molecule has 30 heavy (non-hydrogen) atoms. The van der Waals surface area contributed by atoms with Gasteiger partial charge in [-0.1, -0.05) is 49.1 Å². The van der Waals surface area contributed by atoms with E-state index >= 15 is 0 Å². The van der Waals surface area contributed by atoms with E-state index in [0.717, 1.165) is 0 Å². The van der Waals surface area contributed by atoms with Gasteiger partial charge in [0.05, 0.1) is 21.3 Å². The second-order valence-electron chi connectivity index (χ2n) is 8.69. The van der Waals surface area contributed by atoms with Gasteiger partial charge in [-0.05, 0) is 42.7 Å². The second-order valence-corrected chi connectivity index (χ2v) is 13.8. The Labute approximate surface area is 178 Å². The molecule has 2 aromatic rings. The number of nitrogens with one attached hydrogen (secondary N) is 2. The lowest BCUT2D eigenvalue weighted by Crippen LogP contribution is -2.40. The fourth-order valence-electron chi connectivity index (χ4n) is 3.15. The van der Waals surface area contributed by atoms with Crippen LogP contribution in [0.4, 0.5) is 5.69 Å². The van der Waals surface area contributed by atoms with Gasteiger partial charge in [0.15, 0.2) is 0 Å². The molecule has 0 radical (unpaired) electrons. The number of carbonyl (C=O) groups is 2. The number of benzene rings is 2. The number of rotatable bonds is 7. The molecule has 1 unspecified atom stereocenters. The average Bonchev–Trinajstić information content (AvgIpc) is 3.53. The van der Waals surface area contributed by atoms with Crippen molar-refractivity contribution in [1.82, 2.24) is 5.32 Å². The summed E-state index contributed by atoms with van der Waals surface area (Å²) < 4.78 is 5.18. The van der Waals surface area contributed by atoms with Gasteiger partial charge in [-0.15, -0.1) is 0 Å². The fraction of sp³-hybridized carbons (Fsp3) is 0.348. The first-order valence-corrected chi connectivity index (χ1v) is 13.5. The van der Waals surface area contributed by atoms with Gasteiger partial charge in [-0.3, -0.25) is 9.59 Å². The molecule has 7 heteroatoms. The van der Waals surface area contributed by atoms with Gasteiger partial charge in [-0.25, -0.2) is 0 Å². The van der Waals surface area contributed by atoms with Crippen molar-refractivity contribution in [3.05, 3.63) is 54.1 Å². The van der Waals surface area contributed by atoms with E-state index in [1.165, 1.54) is 5.19 Å². The van der Waals surface area contributed by atoms with Crippen molar-refractivity contribution in [2.45, 2.75) is 38.5 Å². The van der Waals surface area contributed by atoms with Crippen molar-refractivity contribution in [2.75, 3.05) is 12.4 Å². The van der Waals surface area contributed by atoms with Crippen molar-refractivity contribution in [2.24, 2.45) is 5.41 Å². The predicted octanol–water partition coefficient (Wildman–Crippen LogP) is 3.34. The Morgan fingerprint density at radius 2 is 1.67 bits per heavy atom. The molecule has 1 saturated carbocycles. The van der Waals surface area contributed by atoms with Gasteiger partial charge in [-0.2, -0.15) is 5.26 Å². The molecule has 3 rings (SSSR count). The maximum atomic E-state index is 13.1. The van der Waals surface area contributed by atoms with Crippen molar-refractivity contribution < 1.29 is 14.3 Å². The predicted molar refractivity (Wildman–Crippen MR) is 119 cm³/mol. The minimum atomic E-state index is -1.43. The van der Waals surface area contributed by atoms with Crippen molar-refractivity contribution in [3.63, 3.8) is 0 Å². The summed E-state index contributed by atoms with van der Waals surface area (Å²) in [5, 5.41) is 16.3. The number of nitrogens with zero attached hydrogens (tertiary/aromatic N) is 1. The summed E-state index contributed by atoms with van der Waals surface area (Å²) in [5.41, 5.74) is 0.273. The molecule has 1 aliphatic carbocycles. The Kier molecular flexibility index (Phi) is 5.99. The smallest absolute Gasteiger partial charge is 0.251 e. The molecule has 2 amide bonds. The largest absolute Gasteiger partial charge is 0.497 e. The molecule has 0 aromatic heterocycles. The molecule has 0 heterocycles. The van der Waals surface area contributed by atoms with Crippen molar-refractivity contribution >= 4 is 30.8 Å². The van der Waals surface area contributed by atoms with Gasteiger partial charge in [0.1, 0.15) is 17.2 Å². The summed E-state index contributed by atoms with van der Waals surface area (Å²) in [4.78, 5) is 25.7. The van der Waals surface area contributed by atoms with Crippen LogP contribution in [0.5, 0.6) is 5.75 Å². The molecule has 156 valence electrons. The zero-order valence-corrected chi connectivity index (χ0v) is 18.8. The molecule has 2 aromatic carbocycles. The van der Waals surface area contributed by atoms with Crippen LogP contribution >= 0.6 is 0 Å². The maximum absolute atomic E-state index is 13.1. The number of carbonyl (C=O) groups excluding carboxylic acids is 2. The molecule has 0 aliphatic heterocycles. The van der Waals surface area contributed by atoms with E-state index in [9.17, 15) is 14.9 Å². The summed E-state index contributed by atoms with van der Waals surface area (Å²) in [6.45, 7) is 6.79. The van der Waals surface area contributed by atoms with E-state index in [2.05, 4.69) is 36.3 Å². The molecule has 0 spiro atoms. The third-order valence-corrected chi connectivity index (χ3v) is 7.47. The van der Waals surface area contributed by atoms with Crippen LogP contribution in [0.25, 0.3) is 0 Å². The zero-order chi connectivity index (χ0) is 21.9. The Morgan fingerprint density at radius 3 is 2.13 bits per heavy atom. The van der Waals surface area contributed by atoms with Gasteiger partial charge < -0.3 is 15.4 Å². The van der Waals surface area contributed by atoms with E-state index in [0.29, 0.717) is 29.8 Å². The number of nitriles is 1. The van der Waals surface area contributed by atoms with Crippen LogP contribution in [0.15, 0.2) is 48.5 Å². The summed E-state index contributed by atoms with van der Waals surface area (Å²) >= 11 is 0. The Bertz CT molecular complexity index is 969. The monoisotopic (exact) mass is 421 g/mol. The average molecular weight is 422 g/mol. The zero-order valence-electron chi connectivity index (χ0n) is 17.8. The van der Waals surface area contributed by atoms with Gasteiger partial charge in [0.2, 0.25) is 5.91 Å². The molecular formula is C23H27N3O3Si. The highest BCUT2D eigenvalue weighted by Gasteiger charge is 2.51. The number of amides is 2. The quantitative estimate of drug-likeness (QED) is 0.671. The molecule has 0 saturated heterocycles. The van der Waals surface area contributed by atoms with E-state index in [1.807, 2.05) is 24.3 Å². The van der Waals surface area contributed by atoms with Crippen LogP contribution < -0.4 is 20.6 Å². The topological polar surface area (TPSA) is 91.2 Å². The SMILES string of the molecule is COc1ccc(C(NC(=O)C2(C#N)CC2)C(=O)Nc2ccc([Si](C)(C)C)cc2)cc1. The molecule has 1 aliphatic rings. The lowest BCUT2D eigenvalue weighted by atomic mass is 10.0. The van der Waals surface area contributed by atoms with Gasteiger partial charge in [0, 0.05) is 5.69 Å². The van der Waals surface area contributed by atoms with E-state index < -0.39 is 25.4 Å². The fourth-order valence-corrected chi connectivity index (χ4v) is 4.32. The van der Waals surface area contributed by atoms with Crippen LogP contribution in [0.1, 0.15) is 24.4 Å². The number of hydrogen-bond donors (Lipinski definition) is 2. The van der Waals surface area contributed by atoms with Gasteiger partial charge in [0.25, 0.3) is 5.91 Å². The standard InChI is InChI=1S/C23H27N3O3Si/c1-29-18-9-5-16(6-10-18)20(26-22(28)23(15-24)13-14-23)21(27)25-17-7-11-19(12-8-17)30(2,3)4/h5-12,20H,13-14H2,1-4H3,(H,25,27)(H,26,28). The lowest BCUT2D eigenvalue weighted by Gasteiger charge is -2.21. The molecule has 1 atom stereocenters. The lowest BCUT2D eigenvalue weighted by molar-refractivity contribution is -0.129. The summed E-state index contributed by atoms with van der Waals surface area (Å²) in [5.74, 6) is -0.111. The van der Waals surface area contributed by atoms with Crippen LogP contribution in [-0.2, 0) is 9.59 Å². The number of ether oxygens (including phenoxy) is 1. The van der Waals surface area contributed by atoms with Crippen molar-refractivity contribution in [3.8, 4) is 11.8 Å². The third kappa shape index (κ3) is 4.71. The Morgan fingerprint density at radius 1 is 1.07 bits per heavy atom. The van der Waals surface area contributed by atoms with Crippen LogP contribution in [0, 0.1) is 16.7 Å². The summed E-state index contributed by atoms with van der Waals surface area (Å²) in [6.07, 6.45) is 1.04. The number of hydrogen-bond acceptors (Lipinski definition) is 4. The normalized spacial score (nSPS) is 15.4. The third-order valence-electron chi connectivity index (χ3n) is 5.40. The maximum Gasteiger partial charge on any atom is 0.251 e. The highest BCUT2D eigenvalue weighted by atomic mass is 28.3. The summed E-state index contributed by atoms with van der Waals surface area (Å²) in [7, 11) is 0.132. The Balaban J connectivity index is 1.82. The van der Waals surface area contributed by atoms with Crippen LogP contribution in [0.2, 0.25) is 19.6 Å².